The monoisotopic (exact) mass is 513 g/mol. The fraction of sp³-hybridized carbons (Fsp3) is 0.154. The van der Waals surface area contributed by atoms with Crippen LogP contribution in [0.15, 0.2) is 87.7 Å². The van der Waals surface area contributed by atoms with Crippen molar-refractivity contribution in [2.75, 3.05) is 0 Å². The molecule has 0 radical (unpaired) electrons. The highest BCUT2D eigenvalue weighted by atomic mass is 35.5. The molecule has 10 heteroatoms. The summed E-state index contributed by atoms with van der Waals surface area (Å²) in [5.41, 5.74) is 2.97. The molecular weight excluding hydrogens is 494 g/mol. The van der Waals surface area contributed by atoms with E-state index in [2.05, 4.69) is 50.5 Å². The highest BCUT2D eigenvalue weighted by Gasteiger charge is 2.20. The van der Waals surface area contributed by atoms with E-state index in [0.717, 1.165) is 23.2 Å². The molecule has 4 aromatic rings. The number of halogens is 1. The Labute approximate surface area is 217 Å². The SMILES string of the molecule is CC1C=CC(n2c(SCc3nnc(-c4ccc(C#N)cc4)o3)nnc2-c2ccncc2)=C(Cl)C=CC1. The first-order valence-electron chi connectivity index (χ1n) is 11.2. The standard InChI is InChI=1S/C26H20ClN7OS/c1-17-3-2-4-21(27)22(10-5-17)34-24(19-11-13-29-14-12-19)31-33-26(34)36-16-23-30-32-25(35-23)20-8-6-18(15-28)7-9-20/h2,4-14,17H,3,16H2,1H3. The van der Waals surface area contributed by atoms with Crippen LogP contribution in [0.4, 0.5) is 0 Å². The number of nitriles is 1. The molecule has 3 heterocycles. The zero-order chi connectivity index (χ0) is 24.9. The molecule has 178 valence electrons. The van der Waals surface area contributed by atoms with Crippen LogP contribution in [0.25, 0.3) is 28.5 Å². The van der Waals surface area contributed by atoms with Gasteiger partial charge in [0, 0.05) is 23.5 Å². The number of benzene rings is 1. The molecule has 1 aliphatic carbocycles. The quantitative estimate of drug-likeness (QED) is 0.284. The molecule has 0 spiro atoms. The first-order valence-corrected chi connectivity index (χ1v) is 12.5. The van der Waals surface area contributed by atoms with Gasteiger partial charge in [0.05, 0.1) is 28.1 Å². The van der Waals surface area contributed by atoms with Crippen molar-refractivity contribution in [3.8, 4) is 28.9 Å². The van der Waals surface area contributed by atoms with Gasteiger partial charge in [0.2, 0.25) is 11.8 Å². The Kier molecular flexibility index (Phi) is 7.07. The smallest absolute Gasteiger partial charge is 0.247 e. The average molecular weight is 514 g/mol. The summed E-state index contributed by atoms with van der Waals surface area (Å²) in [5.74, 6) is 2.25. The van der Waals surface area contributed by atoms with Crippen molar-refractivity contribution in [3.63, 3.8) is 0 Å². The van der Waals surface area contributed by atoms with Gasteiger partial charge in [0.1, 0.15) is 0 Å². The van der Waals surface area contributed by atoms with Gasteiger partial charge in [-0.15, -0.1) is 20.4 Å². The number of aromatic nitrogens is 6. The Morgan fingerprint density at radius 3 is 2.64 bits per heavy atom. The van der Waals surface area contributed by atoms with E-state index in [9.17, 15) is 0 Å². The lowest BCUT2D eigenvalue weighted by Crippen LogP contribution is -2.03. The van der Waals surface area contributed by atoms with Crippen molar-refractivity contribution >= 4 is 29.1 Å². The van der Waals surface area contributed by atoms with Crippen LogP contribution in [0, 0.1) is 17.2 Å². The van der Waals surface area contributed by atoms with Crippen molar-refractivity contribution in [2.45, 2.75) is 24.3 Å². The summed E-state index contributed by atoms with van der Waals surface area (Å²) in [5, 5.41) is 27.5. The molecule has 3 aromatic heterocycles. The fourth-order valence-electron chi connectivity index (χ4n) is 3.58. The van der Waals surface area contributed by atoms with Gasteiger partial charge in [-0.05, 0) is 60.9 Å². The first kappa shape index (κ1) is 23.7. The summed E-state index contributed by atoms with van der Waals surface area (Å²) < 4.78 is 7.80. The van der Waals surface area contributed by atoms with Gasteiger partial charge in [0.15, 0.2) is 11.0 Å². The summed E-state index contributed by atoms with van der Waals surface area (Å²) in [6.07, 6.45) is 12.5. The second-order valence-electron chi connectivity index (χ2n) is 8.06. The number of nitrogens with zero attached hydrogens (tertiary/aromatic N) is 7. The van der Waals surface area contributed by atoms with Gasteiger partial charge in [-0.3, -0.25) is 9.55 Å². The van der Waals surface area contributed by atoms with E-state index >= 15 is 0 Å². The number of thioether (sulfide) groups is 1. The largest absolute Gasteiger partial charge is 0.420 e. The maximum absolute atomic E-state index is 8.99. The number of pyridine rings is 1. The third kappa shape index (κ3) is 5.15. The van der Waals surface area contributed by atoms with Gasteiger partial charge in [0.25, 0.3) is 0 Å². The van der Waals surface area contributed by atoms with Crippen molar-refractivity contribution in [3.05, 3.63) is 89.6 Å². The minimum Gasteiger partial charge on any atom is -0.420 e. The second kappa shape index (κ2) is 10.7. The molecule has 36 heavy (non-hydrogen) atoms. The average Bonchev–Trinajstić information content (AvgIpc) is 3.55. The molecule has 0 bridgehead atoms. The molecule has 1 aliphatic rings. The van der Waals surface area contributed by atoms with Crippen LogP contribution in [0.5, 0.6) is 0 Å². The Hall–Kier alpha value is -4.00. The van der Waals surface area contributed by atoms with E-state index in [-0.39, 0.29) is 0 Å². The van der Waals surface area contributed by atoms with Crippen molar-refractivity contribution < 1.29 is 4.42 Å². The Morgan fingerprint density at radius 1 is 1.06 bits per heavy atom. The zero-order valence-electron chi connectivity index (χ0n) is 19.2. The molecule has 0 saturated heterocycles. The molecule has 8 nitrogen and oxygen atoms in total. The zero-order valence-corrected chi connectivity index (χ0v) is 20.8. The third-order valence-corrected chi connectivity index (χ3v) is 6.70. The molecule has 0 amide bonds. The minimum atomic E-state index is 0.372. The van der Waals surface area contributed by atoms with Gasteiger partial charge in [-0.25, -0.2) is 0 Å². The molecular formula is C26H20ClN7OS. The van der Waals surface area contributed by atoms with Crippen LogP contribution in [-0.4, -0.2) is 29.9 Å². The van der Waals surface area contributed by atoms with E-state index in [0.29, 0.717) is 45.0 Å². The van der Waals surface area contributed by atoms with Gasteiger partial charge < -0.3 is 4.42 Å². The van der Waals surface area contributed by atoms with Gasteiger partial charge in [-0.2, -0.15) is 5.26 Å². The summed E-state index contributed by atoms with van der Waals surface area (Å²) in [7, 11) is 0. The summed E-state index contributed by atoms with van der Waals surface area (Å²) >= 11 is 8.15. The van der Waals surface area contributed by atoms with Crippen LogP contribution in [-0.2, 0) is 5.75 Å². The Bertz CT molecular complexity index is 1500. The number of rotatable bonds is 6. The van der Waals surface area contributed by atoms with Crippen molar-refractivity contribution in [1.82, 2.24) is 29.9 Å². The van der Waals surface area contributed by atoms with Crippen LogP contribution < -0.4 is 0 Å². The predicted octanol–water partition coefficient (Wildman–Crippen LogP) is 6.11. The van der Waals surface area contributed by atoms with Crippen LogP contribution >= 0.6 is 23.4 Å². The van der Waals surface area contributed by atoms with Crippen molar-refractivity contribution in [2.24, 2.45) is 5.92 Å². The van der Waals surface area contributed by atoms with E-state index in [1.165, 1.54) is 11.8 Å². The molecule has 1 unspecified atom stereocenters. The maximum Gasteiger partial charge on any atom is 0.247 e. The summed E-state index contributed by atoms with van der Waals surface area (Å²) in [4.78, 5) is 4.12. The predicted molar refractivity (Wildman–Crippen MR) is 138 cm³/mol. The molecule has 0 N–H and O–H groups in total. The second-order valence-corrected chi connectivity index (χ2v) is 9.41. The van der Waals surface area contributed by atoms with E-state index in [4.69, 9.17) is 21.3 Å². The van der Waals surface area contributed by atoms with Crippen LogP contribution in [0.1, 0.15) is 24.8 Å². The number of hydrogen-bond donors (Lipinski definition) is 0. The summed E-state index contributed by atoms with van der Waals surface area (Å²) in [6.45, 7) is 2.16. The molecule has 0 aliphatic heterocycles. The minimum absolute atomic E-state index is 0.372. The summed E-state index contributed by atoms with van der Waals surface area (Å²) in [6, 6.07) is 12.9. The molecule has 0 fully saturated rings. The number of allylic oxidation sites excluding steroid dienone is 6. The normalized spacial score (nSPS) is 15.5. The molecule has 1 aromatic carbocycles. The molecule has 5 rings (SSSR count). The molecule has 1 atom stereocenters. The topological polar surface area (TPSA) is 106 Å². The highest BCUT2D eigenvalue weighted by molar-refractivity contribution is 7.98. The third-order valence-electron chi connectivity index (χ3n) is 5.46. The maximum atomic E-state index is 8.99. The van der Waals surface area contributed by atoms with Gasteiger partial charge in [-0.1, -0.05) is 42.4 Å². The van der Waals surface area contributed by atoms with Crippen LogP contribution in [0.3, 0.4) is 0 Å². The Morgan fingerprint density at radius 2 is 1.86 bits per heavy atom. The van der Waals surface area contributed by atoms with E-state index in [1.54, 1.807) is 36.7 Å². The Balaban J connectivity index is 1.47. The fourth-order valence-corrected chi connectivity index (χ4v) is 4.60. The lowest BCUT2D eigenvalue weighted by Gasteiger charge is -2.14. The molecule has 0 saturated carbocycles. The van der Waals surface area contributed by atoms with E-state index in [1.807, 2.05) is 28.9 Å². The van der Waals surface area contributed by atoms with Crippen molar-refractivity contribution in [1.29, 1.82) is 5.26 Å². The number of hydrogen-bond acceptors (Lipinski definition) is 8. The lowest BCUT2D eigenvalue weighted by atomic mass is 10.0. The van der Waals surface area contributed by atoms with Gasteiger partial charge >= 0.3 is 0 Å². The van der Waals surface area contributed by atoms with E-state index < -0.39 is 0 Å². The highest BCUT2D eigenvalue weighted by Crippen LogP contribution is 2.33. The lowest BCUT2D eigenvalue weighted by molar-refractivity contribution is 0.528. The van der Waals surface area contributed by atoms with Crippen LogP contribution in [0.2, 0.25) is 0 Å². The first-order chi connectivity index (χ1) is 17.6.